The lowest BCUT2D eigenvalue weighted by molar-refractivity contribution is 1.01. The van der Waals surface area contributed by atoms with Crippen LogP contribution in [0.4, 0.5) is 0 Å². The minimum Gasteiger partial charge on any atom is -0.274 e. The van der Waals surface area contributed by atoms with E-state index in [9.17, 15) is 0 Å². The Morgan fingerprint density at radius 1 is 0.800 bits per heavy atom. The quantitative estimate of drug-likeness (QED) is 0.712. The molecule has 20 heavy (non-hydrogen) atoms. The summed E-state index contributed by atoms with van der Waals surface area (Å²) in [5, 5.41) is 5.71. The molecule has 0 radical (unpaired) electrons. The standard InChI is InChI=1S/C15H13N3S2/c19-14-16-17-15(20)18(14)13-8-4-7-12(10-13)9-11-5-2-1-3-6-11/h1-8,10H,9H2,(H,16,19)(H,17,20). The van der Waals surface area contributed by atoms with Gasteiger partial charge in [-0.2, -0.15) is 0 Å². The van der Waals surface area contributed by atoms with Gasteiger partial charge in [0.1, 0.15) is 0 Å². The van der Waals surface area contributed by atoms with Crippen LogP contribution in [0, 0.1) is 9.54 Å². The summed E-state index contributed by atoms with van der Waals surface area (Å²) >= 11 is 10.5. The fourth-order valence-corrected chi connectivity index (χ4v) is 2.74. The molecule has 1 heterocycles. The molecule has 5 heteroatoms. The predicted molar refractivity (Wildman–Crippen MR) is 85.4 cm³/mol. The van der Waals surface area contributed by atoms with E-state index >= 15 is 0 Å². The van der Waals surface area contributed by atoms with Crippen LogP contribution < -0.4 is 0 Å². The number of nitrogens with zero attached hydrogens (tertiary/aromatic N) is 1. The first-order chi connectivity index (χ1) is 9.74. The van der Waals surface area contributed by atoms with Crippen molar-refractivity contribution in [3.8, 4) is 5.69 Å². The number of nitrogens with one attached hydrogen (secondary N) is 2. The van der Waals surface area contributed by atoms with E-state index in [-0.39, 0.29) is 0 Å². The molecule has 0 spiro atoms. The highest BCUT2D eigenvalue weighted by Crippen LogP contribution is 2.15. The van der Waals surface area contributed by atoms with E-state index < -0.39 is 0 Å². The number of rotatable bonds is 3. The first-order valence-electron chi connectivity index (χ1n) is 6.27. The van der Waals surface area contributed by atoms with Gasteiger partial charge in [0.25, 0.3) is 0 Å². The van der Waals surface area contributed by atoms with Crippen LogP contribution in [0.15, 0.2) is 54.6 Å². The number of aromatic nitrogens is 3. The van der Waals surface area contributed by atoms with Gasteiger partial charge in [-0.25, -0.2) is 0 Å². The van der Waals surface area contributed by atoms with Gasteiger partial charge in [0.2, 0.25) is 0 Å². The van der Waals surface area contributed by atoms with Gasteiger partial charge in [-0.05, 0) is 54.1 Å². The molecule has 0 saturated carbocycles. The molecule has 1 aromatic heterocycles. The SMILES string of the molecule is S=c1[nH][nH]c(=S)n1-c1cccc(Cc2ccccc2)c1. The highest BCUT2D eigenvalue weighted by atomic mass is 32.1. The zero-order valence-electron chi connectivity index (χ0n) is 10.7. The van der Waals surface area contributed by atoms with Crippen molar-refractivity contribution in [3.63, 3.8) is 0 Å². The van der Waals surface area contributed by atoms with Gasteiger partial charge in [-0.15, -0.1) is 0 Å². The maximum Gasteiger partial charge on any atom is 0.198 e. The molecular formula is C15H13N3S2. The molecule has 0 bridgehead atoms. The van der Waals surface area contributed by atoms with Gasteiger partial charge in [-0.3, -0.25) is 14.8 Å². The number of hydrogen-bond acceptors (Lipinski definition) is 2. The normalized spacial score (nSPS) is 10.6. The average Bonchev–Trinajstić information content (AvgIpc) is 2.80. The topological polar surface area (TPSA) is 36.5 Å². The lowest BCUT2D eigenvalue weighted by atomic mass is 10.0. The van der Waals surface area contributed by atoms with Gasteiger partial charge in [0.15, 0.2) is 9.54 Å². The molecule has 0 aliphatic heterocycles. The maximum absolute atomic E-state index is 5.24. The van der Waals surface area contributed by atoms with E-state index in [0.29, 0.717) is 9.54 Å². The highest BCUT2D eigenvalue weighted by molar-refractivity contribution is 7.72. The first kappa shape index (κ1) is 13.0. The summed E-state index contributed by atoms with van der Waals surface area (Å²) in [7, 11) is 0. The summed E-state index contributed by atoms with van der Waals surface area (Å²) < 4.78 is 2.97. The van der Waals surface area contributed by atoms with Crippen LogP contribution in [0.2, 0.25) is 0 Å². The van der Waals surface area contributed by atoms with E-state index in [4.69, 9.17) is 24.4 Å². The molecule has 3 aromatic rings. The zero-order chi connectivity index (χ0) is 13.9. The minimum absolute atomic E-state index is 0.576. The molecule has 2 aromatic carbocycles. The number of hydrogen-bond donors (Lipinski definition) is 2. The van der Waals surface area contributed by atoms with Gasteiger partial charge in [0, 0.05) is 0 Å². The maximum atomic E-state index is 5.24. The molecule has 0 fully saturated rings. The fraction of sp³-hybridized carbons (Fsp3) is 0.0667. The Morgan fingerprint density at radius 2 is 1.45 bits per heavy atom. The number of H-pyrrole nitrogens is 2. The molecule has 100 valence electrons. The van der Waals surface area contributed by atoms with Gasteiger partial charge < -0.3 is 0 Å². The van der Waals surface area contributed by atoms with Crippen molar-refractivity contribution in [1.29, 1.82) is 0 Å². The number of aromatic amines is 2. The fourth-order valence-electron chi connectivity index (χ4n) is 2.18. The molecule has 0 aliphatic rings. The molecule has 0 unspecified atom stereocenters. The molecular weight excluding hydrogens is 286 g/mol. The minimum atomic E-state index is 0.576. The smallest absolute Gasteiger partial charge is 0.198 e. The lowest BCUT2D eigenvalue weighted by Crippen LogP contribution is -1.96. The zero-order valence-corrected chi connectivity index (χ0v) is 12.3. The predicted octanol–water partition coefficient (Wildman–Crippen LogP) is 4.18. The van der Waals surface area contributed by atoms with Crippen LogP contribution in [0.5, 0.6) is 0 Å². The van der Waals surface area contributed by atoms with Crippen LogP contribution in [-0.2, 0) is 6.42 Å². The second-order valence-electron chi connectivity index (χ2n) is 4.53. The molecule has 2 N–H and O–H groups in total. The summed E-state index contributed by atoms with van der Waals surface area (Å²) in [6.45, 7) is 0. The molecule has 3 rings (SSSR count). The Kier molecular flexibility index (Phi) is 3.62. The molecule has 0 saturated heterocycles. The van der Waals surface area contributed by atoms with E-state index in [1.54, 1.807) is 0 Å². The third-order valence-electron chi connectivity index (χ3n) is 3.10. The second kappa shape index (κ2) is 5.56. The first-order valence-corrected chi connectivity index (χ1v) is 7.08. The van der Waals surface area contributed by atoms with Crippen LogP contribution in [-0.4, -0.2) is 14.8 Å². The molecule has 0 aliphatic carbocycles. The third kappa shape index (κ3) is 2.64. The molecule has 0 atom stereocenters. The van der Waals surface area contributed by atoms with Gasteiger partial charge in [-0.1, -0.05) is 42.5 Å². The van der Waals surface area contributed by atoms with Crippen LogP contribution in [0.1, 0.15) is 11.1 Å². The summed E-state index contributed by atoms with van der Waals surface area (Å²) in [5.74, 6) is 0. The van der Waals surface area contributed by atoms with Crippen molar-refractivity contribution in [2.45, 2.75) is 6.42 Å². The Morgan fingerprint density at radius 3 is 2.15 bits per heavy atom. The van der Waals surface area contributed by atoms with E-state index in [1.165, 1.54) is 11.1 Å². The monoisotopic (exact) mass is 299 g/mol. The van der Waals surface area contributed by atoms with Crippen molar-refractivity contribution < 1.29 is 0 Å². The molecule has 0 amide bonds. The summed E-state index contributed by atoms with van der Waals surface area (Å²) in [5.41, 5.74) is 3.49. The second-order valence-corrected chi connectivity index (χ2v) is 5.30. The Bertz CT molecular complexity index is 800. The summed E-state index contributed by atoms with van der Waals surface area (Å²) in [6, 6.07) is 18.6. The van der Waals surface area contributed by atoms with Crippen LogP contribution in [0.3, 0.4) is 0 Å². The van der Waals surface area contributed by atoms with Crippen molar-refractivity contribution in [2.24, 2.45) is 0 Å². The van der Waals surface area contributed by atoms with Crippen LogP contribution >= 0.6 is 24.4 Å². The third-order valence-corrected chi connectivity index (χ3v) is 3.67. The van der Waals surface area contributed by atoms with Crippen molar-refractivity contribution >= 4 is 24.4 Å². The molecule has 3 nitrogen and oxygen atoms in total. The average molecular weight is 299 g/mol. The van der Waals surface area contributed by atoms with Crippen LogP contribution in [0.25, 0.3) is 5.69 Å². The number of benzene rings is 2. The highest BCUT2D eigenvalue weighted by Gasteiger charge is 2.03. The van der Waals surface area contributed by atoms with Gasteiger partial charge in [0.05, 0.1) is 5.69 Å². The van der Waals surface area contributed by atoms with Crippen molar-refractivity contribution in [2.75, 3.05) is 0 Å². The lowest BCUT2D eigenvalue weighted by Gasteiger charge is -2.06. The van der Waals surface area contributed by atoms with Crippen molar-refractivity contribution in [3.05, 3.63) is 75.3 Å². The van der Waals surface area contributed by atoms with Gasteiger partial charge >= 0.3 is 0 Å². The summed E-state index contributed by atoms with van der Waals surface area (Å²) in [6.07, 6.45) is 0.892. The van der Waals surface area contributed by atoms with Crippen molar-refractivity contribution in [1.82, 2.24) is 14.8 Å². The Hall–Kier alpha value is -1.98. The largest absolute Gasteiger partial charge is 0.274 e. The van der Waals surface area contributed by atoms with E-state index in [2.05, 4.69) is 46.6 Å². The Labute approximate surface area is 126 Å². The Balaban J connectivity index is 1.99. The van der Waals surface area contributed by atoms with E-state index in [0.717, 1.165) is 12.1 Å². The van der Waals surface area contributed by atoms with E-state index in [1.807, 2.05) is 22.8 Å². The summed E-state index contributed by atoms with van der Waals surface area (Å²) in [4.78, 5) is 0.